The van der Waals surface area contributed by atoms with Crippen LogP contribution in [0.25, 0.3) is 0 Å². The molecule has 0 unspecified atom stereocenters. The maximum absolute atomic E-state index is 13.2. The van der Waals surface area contributed by atoms with Crippen LogP contribution in [0, 0.1) is 0 Å². The summed E-state index contributed by atoms with van der Waals surface area (Å²) in [7, 11) is 2.67. The lowest BCUT2D eigenvalue weighted by Gasteiger charge is -2.42. The standard InChI is InChI=1S/C18H23F3N2O4/c1-5-12-10-15(22(3)16(24)26-4)13-9-11(18(19,20)21)7-8-14(13)23(12)17(25)27-6-2/h7-9,12,15H,5-6,10H2,1-4H3/t12-,15+/m1/s1. The van der Waals surface area contributed by atoms with Crippen molar-refractivity contribution in [1.29, 1.82) is 0 Å². The molecule has 0 bridgehead atoms. The van der Waals surface area contributed by atoms with Crippen molar-refractivity contribution in [3.63, 3.8) is 0 Å². The Labute approximate surface area is 155 Å². The lowest BCUT2D eigenvalue weighted by Crippen LogP contribution is -2.48. The number of ether oxygens (including phenoxy) is 2. The zero-order valence-electron chi connectivity index (χ0n) is 15.7. The van der Waals surface area contributed by atoms with Crippen LogP contribution in [0.2, 0.25) is 0 Å². The highest BCUT2D eigenvalue weighted by atomic mass is 19.4. The first-order chi connectivity index (χ1) is 12.6. The van der Waals surface area contributed by atoms with Gasteiger partial charge in [0.15, 0.2) is 0 Å². The molecule has 0 aromatic heterocycles. The number of hydrogen-bond donors (Lipinski definition) is 0. The molecule has 2 rings (SSSR count). The Morgan fingerprint density at radius 3 is 2.48 bits per heavy atom. The van der Waals surface area contributed by atoms with Gasteiger partial charge in [-0.05, 0) is 43.5 Å². The lowest BCUT2D eigenvalue weighted by molar-refractivity contribution is -0.137. The number of amides is 2. The van der Waals surface area contributed by atoms with E-state index >= 15 is 0 Å². The average molecular weight is 388 g/mol. The normalized spacial score (nSPS) is 19.3. The van der Waals surface area contributed by atoms with Gasteiger partial charge in [0.2, 0.25) is 0 Å². The third-order valence-electron chi connectivity index (χ3n) is 4.70. The second kappa shape index (κ2) is 8.06. The van der Waals surface area contributed by atoms with Crippen LogP contribution in [0.5, 0.6) is 0 Å². The molecule has 0 aliphatic carbocycles. The molecule has 1 heterocycles. The number of nitrogens with zero attached hydrogens (tertiary/aromatic N) is 2. The lowest BCUT2D eigenvalue weighted by atomic mass is 9.88. The summed E-state index contributed by atoms with van der Waals surface area (Å²) in [5.41, 5.74) is -0.306. The number of carbonyl (C=O) groups is 2. The molecule has 2 amide bonds. The minimum absolute atomic E-state index is 0.146. The monoisotopic (exact) mass is 388 g/mol. The maximum Gasteiger partial charge on any atom is 0.416 e. The van der Waals surface area contributed by atoms with Crippen LogP contribution in [-0.4, -0.2) is 43.9 Å². The van der Waals surface area contributed by atoms with Crippen molar-refractivity contribution in [1.82, 2.24) is 4.90 Å². The Balaban J connectivity index is 2.62. The smallest absolute Gasteiger partial charge is 0.416 e. The molecule has 9 heteroatoms. The Hall–Kier alpha value is -2.45. The number of alkyl halides is 3. The zero-order chi connectivity index (χ0) is 20.4. The highest BCUT2D eigenvalue weighted by Crippen LogP contribution is 2.44. The molecule has 1 aromatic rings. The summed E-state index contributed by atoms with van der Waals surface area (Å²) in [5.74, 6) is 0. The highest BCUT2D eigenvalue weighted by molar-refractivity contribution is 5.90. The molecular formula is C18H23F3N2O4. The molecule has 0 saturated carbocycles. The summed E-state index contributed by atoms with van der Waals surface area (Å²) in [6.07, 6.45) is -5.01. The van der Waals surface area contributed by atoms with E-state index in [1.165, 1.54) is 30.0 Å². The number of benzene rings is 1. The van der Waals surface area contributed by atoms with Gasteiger partial charge >= 0.3 is 18.4 Å². The number of halogens is 3. The van der Waals surface area contributed by atoms with Crippen molar-refractivity contribution in [3.8, 4) is 0 Å². The SMILES string of the molecule is CCOC(=O)N1c2ccc(C(F)(F)F)cc2[C@@H](N(C)C(=O)OC)C[C@H]1CC. The van der Waals surface area contributed by atoms with Gasteiger partial charge in [0, 0.05) is 13.1 Å². The fraction of sp³-hybridized carbons (Fsp3) is 0.556. The van der Waals surface area contributed by atoms with Crippen LogP contribution in [0.4, 0.5) is 28.4 Å². The van der Waals surface area contributed by atoms with E-state index in [2.05, 4.69) is 0 Å². The fourth-order valence-electron chi connectivity index (χ4n) is 3.33. The molecular weight excluding hydrogens is 365 g/mol. The van der Waals surface area contributed by atoms with Crippen molar-refractivity contribution >= 4 is 17.9 Å². The van der Waals surface area contributed by atoms with Crippen molar-refractivity contribution in [2.75, 3.05) is 25.7 Å². The Bertz CT molecular complexity index is 708. The maximum atomic E-state index is 13.2. The first kappa shape index (κ1) is 20.9. The van der Waals surface area contributed by atoms with E-state index in [-0.39, 0.29) is 24.6 Å². The van der Waals surface area contributed by atoms with E-state index in [9.17, 15) is 22.8 Å². The first-order valence-corrected chi connectivity index (χ1v) is 8.63. The molecule has 0 fully saturated rings. The molecule has 0 saturated heterocycles. The Morgan fingerprint density at radius 2 is 1.96 bits per heavy atom. The van der Waals surface area contributed by atoms with Gasteiger partial charge in [0.25, 0.3) is 0 Å². The summed E-state index contributed by atoms with van der Waals surface area (Å²) in [6, 6.07) is 2.18. The molecule has 0 radical (unpaired) electrons. The molecule has 27 heavy (non-hydrogen) atoms. The van der Waals surface area contributed by atoms with Crippen LogP contribution >= 0.6 is 0 Å². The molecule has 1 aliphatic rings. The quantitative estimate of drug-likeness (QED) is 0.760. The number of fused-ring (bicyclic) bond motifs is 1. The molecule has 1 aliphatic heterocycles. The summed E-state index contributed by atoms with van der Waals surface area (Å²) < 4.78 is 49.5. The van der Waals surface area contributed by atoms with Crippen molar-refractivity contribution in [2.24, 2.45) is 0 Å². The van der Waals surface area contributed by atoms with Gasteiger partial charge in [0.1, 0.15) is 0 Å². The molecule has 2 atom stereocenters. The van der Waals surface area contributed by atoms with Crippen LogP contribution in [-0.2, 0) is 15.7 Å². The van der Waals surface area contributed by atoms with Gasteiger partial charge in [-0.15, -0.1) is 0 Å². The number of carbonyl (C=O) groups excluding carboxylic acids is 2. The number of rotatable bonds is 3. The summed E-state index contributed by atoms with van der Waals surface area (Å²) in [4.78, 5) is 27.1. The summed E-state index contributed by atoms with van der Waals surface area (Å²) >= 11 is 0. The first-order valence-electron chi connectivity index (χ1n) is 8.63. The van der Waals surface area contributed by atoms with E-state index in [0.29, 0.717) is 12.1 Å². The number of methoxy groups -OCH3 is 1. The molecule has 0 N–H and O–H groups in total. The van der Waals surface area contributed by atoms with E-state index in [1.54, 1.807) is 6.92 Å². The predicted molar refractivity (Wildman–Crippen MR) is 92.6 cm³/mol. The molecule has 150 valence electrons. The van der Waals surface area contributed by atoms with Gasteiger partial charge < -0.3 is 14.4 Å². The van der Waals surface area contributed by atoms with E-state index in [1.807, 2.05) is 6.92 Å². The third-order valence-corrected chi connectivity index (χ3v) is 4.70. The fourth-order valence-corrected chi connectivity index (χ4v) is 3.33. The number of anilines is 1. The molecule has 0 spiro atoms. The van der Waals surface area contributed by atoms with Gasteiger partial charge in [-0.25, -0.2) is 9.59 Å². The van der Waals surface area contributed by atoms with Crippen molar-refractivity contribution in [3.05, 3.63) is 29.3 Å². The second-order valence-corrected chi connectivity index (χ2v) is 6.23. The minimum atomic E-state index is -4.54. The third kappa shape index (κ3) is 4.12. The van der Waals surface area contributed by atoms with E-state index in [0.717, 1.165) is 12.1 Å². The van der Waals surface area contributed by atoms with Crippen LogP contribution in [0.1, 0.15) is 43.9 Å². The zero-order valence-corrected chi connectivity index (χ0v) is 15.7. The Morgan fingerprint density at radius 1 is 1.30 bits per heavy atom. The van der Waals surface area contributed by atoms with Crippen LogP contribution in [0.15, 0.2) is 18.2 Å². The predicted octanol–water partition coefficient (Wildman–Crippen LogP) is 4.59. The summed E-state index contributed by atoms with van der Waals surface area (Å²) in [6.45, 7) is 3.67. The molecule has 6 nitrogen and oxygen atoms in total. The summed E-state index contributed by atoms with van der Waals surface area (Å²) in [5, 5.41) is 0. The highest BCUT2D eigenvalue weighted by Gasteiger charge is 2.41. The van der Waals surface area contributed by atoms with E-state index in [4.69, 9.17) is 9.47 Å². The second-order valence-electron chi connectivity index (χ2n) is 6.23. The average Bonchev–Trinajstić information content (AvgIpc) is 2.64. The topological polar surface area (TPSA) is 59.1 Å². The van der Waals surface area contributed by atoms with Crippen molar-refractivity contribution in [2.45, 2.75) is 44.9 Å². The van der Waals surface area contributed by atoms with Crippen molar-refractivity contribution < 1.29 is 32.2 Å². The van der Waals surface area contributed by atoms with Gasteiger partial charge in [-0.3, -0.25) is 4.90 Å². The van der Waals surface area contributed by atoms with Gasteiger partial charge in [0.05, 0.1) is 31.0 Å². The van der Waals surface area contributed by atoms with Gasteiger partial charge in [-0.2, -0.15) is 13.2 Å². The van der Waals surface area contributed by atoms with Crippen LogP contribution < -0.4 is 4.90 Å². The minimum Gasteiger partial charge on any atom is -0.453 e. The van der Waals surface area contributed by atoms with Gasteiger partial charge in [-0.1, -0.05) is 6.92 Å². The van der Waals surface area contributed by atoms with E-state index < -0.39 is 30.0 Å². The Kier molecular flexibility index (Phi) is 6.22. The number of hydrogen-bond acceptors (Lipinski definition) is 4. The molecule has 1 aromatic carbocycles. The largest absolute Gasteiger partial charge is 0.453 e. The van der Waals surface area contributed by atoms with Crippen LogP contribution in [0.3, 0.4) is 0 Å².